The minimum atomic E-state index is -3.41. The van der Waals surface area contributed by atoms with Crippen molar-refractivity contribution in [3.8, 4) is 0 Å². The zero-order valence-corrected chi connectivity index (χ0v) is 12.1. The minimum absolute atomic E-state index is 0.00357. The maximum absolute atomic E-state index is 11.9. The van der Waals surface area contributed by atoms with Gasteiger partial charge in [0.05, 0.1) is 10.6 Å². The van der Waals surface area contributed by atoms with Crippen LogP contribution in [0.4, 0.5) is 0 Å². The van der Waals surface area contributed by atoms with Crippen LogP contribution in [0, 0.1) is 0 Å². The number of carboxylic acid groups (broad SMARTS) is 1. The summed E-state index contributed by atoms with van der Waals surface area (Å²) in [7, 11) is -3.41. The zero-order chi connectivity index (χ0) is 15.3. The number of hydrogen-bond acceptors (Lipinski definition) is 4. The molecule has 0 aliphatic heterocycles. The van der Waals surface area contributed by atoms with E-state index in [9.17, 15) is 18.0 Å². The van der Waals surface area contributed by atoms with E-state index in [0.29, 0.717) is 6.42 Å². The normalized spacial score (nSPS) is 12.7. The monoisotopic (exact) mass is 299 g/mol. The van der Waals surface area contributed by atoms with Gasteiger partial charge >= 0.3 is 5.97 Å². The molecule has 0 radical (unpaired) electrons. The predicted octanol–water partition coefficient (Wildman–Crippen LogP) is 1.07. The highest BCUT2D eigenvalue weighted by Gasteiger charge is 2.18. The highest BCUT2D eigenvalue weighted by molar-refractivity contribution is 7.91. The average molecular weight is 299 g/mol. The van der Waals surface area contributed by atoms with Crippen LogP contribution < -0.4 is 5.32 Å². The van der Waals surface area contributed by atoms with Gasteiger partial charge in [-0.3, -0.25) is 9.59 Å². The summed E-state index contributed by atoms with van der Waals surface area (Å²) >= 11 is 0. The van der Waals surface area contributed by atoms with Gasteiger partial charge in [0.15, 0.2) is 9.84 Å². The lowest BCUT2D eigenvalue weighted by molar-refractivity contribution is -0.138. The predicted molar refractivity (Wildman–Crippen MR) is 73.3 cm³/mol. The van der Waals surface area contributed by atoms with Gasteiger partial charge < -0.3 is 10.4 Å². The lowest BCUT2D eigenvalue weighted by atomic mass is 10.2. The summed E-state index contributed by atoms with van der Waals surface area (Å²) in [4.78, 5) is 22.6. The third-order valence-corrected chi connectivity index (χ3v) is 4.56. The van der Waals surface area contributed by atoms with Gasteiger partial charge in [0, 0.05) is 5.56 Å². The molecule has 0 saturated heterocycles. The molecule has 0 saturated carbocycles. The molecule has 0 spiro atoms. The first-order valence-corrected chi connectivity index (χ1v) is 7.79. The van der Waals surface area contributed by atoms with Gasteiger partial charge in [-0.15, -0.1) is 0 Å². The van der Waals surface area contributed by atoms with Crippen molar-refractivity contribution in [2.24, 2.45) is 0 Å². The van der Waals surface area contributed by atoms with E-state index in [1.807, 2.05) is 0 Å². The molecule has 1 aromatic rings. The second kappa shape index (κ2) is 6.51. The summed E-state index contributed by atoms with van der Waals surface area (Å²) in [6, 6.07) is 4.54. The van der Waals surface area contributed by atoms with E-state index in [1.54, 1.807) is 6.92 Å². The number of benzene rings is 1. The van der Waals surface area contributed by atoms with E-state index in [-0.39, 0.29) is 16.2 Å². The fraction of sp³-hybridized carbons (Fsp3) is 0.385. The number of carbonyl (C=O) groups is 2. The second-order valence-corrected chi connectivity index (χ2v) is 6.49. The van der Waals surface area contributed by atoms with Crippen LogP contribution in [0.3, 0.4) is 0 Å². The van der Waals surface area contributed by atoms with E-state index < -0.39 is 27.8 Å². The van der Waals surface area contributed by atoms with Crippen LogP contribution in [0.1, 0.15) is 30.6 Å². The number of aliphatic carboxylic acids is 1. The average Bonchev–Trinajstić information content (AvgIpc) is 2.38. The van der Waals surface area contributed by atoms with Crippen LogP contribution in [-0.4, -0.2) is 37.2 Å². The Morgan fingerprint density at radius 2 is 2.00 bits per heavy atom. The topological polar surface area (TPSA) is 101 Å². The Morgan fingerprint density at radius 3 is 2.55 bits per heavy atom. The van der Waals surface area contributed by atoms with Gasteiger partial charge in [-0.25, -0.2) is 8.42 Å². The first-order chi connectivity index (χ1) is 9.27. The molecule has 1 amide bonds. The van der Waals surface area contributed by atoms with Crippen molar-refractivity contribution in [1.82, 2.24) is 5.32 Å². The molecule has 1 atom stereocenters. The van der Waals surface area contributed by atoms with Gasteiger partial charge in [-0.05, 0) is 31.5 Å². The molecule has 1 rings (SSSR count). The standard InChI is InChI=1S/C13H17NO5S/c1-3-7-20(18,19)11-6-4-5-10(8-11)12(15)14-9(2)13(16)17/h4-6,8-9H,3,7H2,1-2H3,(H,14,15)(H,16,17). The molecule has 0 aliphatic rings. The third-order valence-electron chi connectivity index (χ3n) is 2.65. The summed E-state index contributed by atoms with van der Waals surface area (Å²) in [5.41, 5.74) is 0.121. The van der Waals surface area contributed by atoms with Gasteiger partial charge in [-0.1, -0.05) is 13.0 Å². The molecule has 2 N–H and O–H groups in total. The third kappa shape index (κ3) is 4.06. The Hall–Kier alpha value is -1.89. The van der Waals surface area contributed by atoms with Crippen LogP contribution in [0.5, 0.6) is 0 Å². The van der Waals surface area contributed by atoms with Crippen molar-refractivity contribution in [1.29, 1.82) is 0 Å². The number of sulfone groups is 1. The molecule has 0 heterocycles. The van der Waals surface area contributed by atoms with Crippen molar-refractivity contribution >= 4 is 21.7 Å². The highest BCUT2D eigenvalue weighted by Crippen LogP contribution is 2.14. The van der Waals surface area contributed by atoms with Gasteiger partial charge in [0.2, 0.25) is 0 Å². The molecule has 1 aromatic carbocycles. The minimum Gasteiger partial charge on any atom is -0.480 e. The van der Waals surface area contributed by atoms with Crippen LogP contribution in [0.25, 0.3) is 0 Å². The van der Waals surface area contributed by atoms with Crippen molar-refractivity contribution < 1.29 is 23.1 Å². The molecule has 110 valence electrons. The molecule has 0 aliphatic carbocycles. The molecule has 0 fully saturated rings. The molecular formula is C13H17NO5S. The lowest BCUT2D eigenvalue weighted by Gasteiger charge is -2.10. The van der Waals surface area contributed by atoms with Crippen molar-refractivity contribution in [2.45, 2.75) is 31.2 Å². The summed E-state index contributed by atoms with van der Waals surface area (Å²) in [6.07, 6.45) is 0.481. The van der Waals surface area contributed by atoms with Crippen molar-refractivity contribution in [2.75, 3.05) is 5.75 Å². The summed E-state index contributed by atoms with van der Waals surface area (Å²) in [6.45, 7) is 3.08. The molecular weight excluding hydrogens is 282 g/mol. The Kier molecular flexibility index (Phi) is 5.26. The SMILES string of the molecule is CCCS(=O)(=O)c1cccc(C(=O)NC(C)C(=O)O)c1. The maximum Gasteiger partial charge on any atom is 0.325 e. The van der Waals surface area contributed by atoms with Crippen LogP contribution in [0.15, 0.2) is 29.2 Å². The number of amides is 1. The second-order valence-electron chi connectivity index (χ2n) is 4.38. The van der Waals surface area contributed by atoms with E-state index in [0.717, 1.165) is 0 Å². The molecule has 20 heavy (non-hydrogen) atoms. The molecule has 6 nitrogen and oxygen atoms in total. The van der Waals surface area contributed by atoms with E-state index >= 15 is 0 Å². The number of carbonyl (C=O) groups excluding carboxylic acids is 1. The summed E-state index contributed by atoms with van der Waals surface area (Å²) < 4.78 is 23.8. The van der Waals surface area contributed by atoms with E-state index in [4.69, 9.17) is 5.11 Å². The first-order valence-electron chi connectivity index (χ1n) is 6.14. The van der Waals surface area contributed by atoms with E-state index in [2.05, 4.69) is 5.32 Å². The van der Waals surface area contributed by atoms with Crippen molar-refractivity contribution in [3.05, 3.63) is 29.8 Å². The maximum atomic E-state index is 11.9. The number of nitrogens with one attached hydrogen (secondary N) is 1. The summed E-state index contributed by atoms with van der Waals surface area (Å²) in [5, 5.41) is 11.0. The fourth-order valence-electron chi connectivity index (χ4n) is 1.56. The van der Waals surface area contributed by atoms with Crippen LogP contribution in [-0.2, 0) is 14.6 Å². The quantitative estimate of drug-likeness (QED) is 0.818. The Bertz CT molecular complexity index is 609. The molecule has 7 heteroatoms. The number of hydrogen-bond donors (Lipinski definition) is 2. The first kappa shape index (κ1) is 16.2. The van der Waals surface area contributed by atoms with Gasteiger partial charge in [-0.2, -0.15) is 0 Å². The molecule has 0 bridgehead atoms. The Labute approximate surface area is 117 Å². The Morgan fingerprint density at radius 1 is 1.35 bits per heavy atom. The number of carboxylic acids is 1. The zero-order valence-electron chi connectivity index (χ0n) is 11.3. The lowest BCUT2D eigenvalue weighted by Crippen LogP contribution is -2.38. The molecule has 0 aromatic heterocycles. The van der Waals surface area contributed by atoms with Crippen LogP contribution >= 0.6 is 0 Å². The largest absolute Gasteiger partial charge is 0.480 e. The van der Waals surface area contributed by atoms with E-state index in [1.165, 1.54) is 31.2 Å². The highest BCUT2D eigenvalue weighted by atomic mass is 32.2. The van der Waals surface area contributed by atoms with Crippen LogP contribution in [0.2, 0.25) is 0 Å². The number of rotatable bonds is 6. The molecule has 1 unspecified atom stereocenters. The van der Waals surface area contributed by atoms with Gasteiger partial charge in [0.25, 0.3) is 5.91 Å². The Balaban J connectivity index is 2.99. The fourth-order valence-corrected chi connectivity index (χ4v) is 2.92. The smallest absolute Gasteiger partial charge is 0.325 e. The van der Waals surface area contributed by atoms with Gasteiger partial charge in [0.1, 0.15) is 6.04 Å². The van der Waals surface area contributed by atoms with Crippen molar-refractivity contribution in [3.63, 3.8) is 0 Å². The summed E-state index contributed by atoms with van der Waals surface area (Å²) in [5.74, 6) is -1.77.